The van der Waals surface area contributed by atoms with Crippen LogP contribution in [-0.4, -0.2) is 23.3 Å². The molecule has 4 nitrogen and oxygen atoms in total. The van der Waals surface area contributed by atoms with Crippen LogP contribution in [0.3, 0.4) is 0 Å². The number of carbonyl (C=O) groups is 2. The van der Waals surface area contributed by atoms with Gasteiger partial charge in [0.05, 0.1) is 0 Å². The molecule has 5 aliphatic rings. The summed E-state index contributed by atoms with van der Waals surface area (Å²) in [5.41, 5.74) is 6.61. The number of hydrogen-bond acceptors (Lipinski definition) is 4. The SMILES string of the molecule is CC1(C)CC[C@]2(CCO)CC[C@]3(C)C(C(=O)CC4[C@@]5(C)CC(=CN)C(=O)C(C)(C)C5CC[C@]43C)C2C1. The Bertz CT molecular complexity index is 995. The first-order valence-corrected chi connectivity index (χ1v) is 14.7. The summed E-state index contributed by atoms with van der Waals surface area (Å²) >= 11 is 0. The molecule has 0 bridgehead atoms. The number of aliphatic hydroxyl groups is 1. The monoisotopic (exact) mass is 497 g/mol. The highest BCUT2D eigenvalue weighted by Crippen LogP contribution is 2.76. The van der Waals surface area contributed by atoms with E-state index >= 15 is 0 Å². The van der Waals surface area contributed by atoms with Crippen molar-refractivity contribution in [3.63, 3.8) is 0 Å². The molecule has 0 aliphatic heterocycles. The molecule has 0 aromatic rings. The third kappa shape index (κ3) is 3.21. The molecule has 5 rings (SSSR count). The van der Waals surface area contributed by atoms with Gasteiger partial charge in [-0.15, -0.1) is 0 Å². The van der Waals surface area contributed by atoms with Crippen molar-refractivity contribution in [3.8, 4) is 0 Å². The van der Waals surface area contributed by atoms with E-state index in [-0.39, 0.29) is 57.2 Å². The molecular weight excluding hydrogens is 446 g/mol. The molecule has 0 radical (unpaired) electrons. The van der Waals surface area contributed by atoms with E-state index in [2.05, 4.69) is 48.5 Å². The van der Waals surface area contributed by atoms with Gasteiger partial charge in [0.15, 0.2) is 5.78 Å². The van der Waals surface area contributed by atoms with Crippen LogP contribution in [0.1, 0.15) is 113 Å². The number of allylic oxidation sites excluding steroid dienone is 1. The Morgan fingerprint density at radius 2 is 1.58 bits per heavy atom. The van der Waals surface area contributed by atoms with E-state index in [0.29, 0.717) is 24.5 Å². The molecule has 8 atom stereocenters. The van der Waals surface area contributed by atoms with Crippen LogP contribution < -0.4 is 5.73 Å². The average molecular weight is 498 g/mol. The van der Waals surface area contributed by atoms with Gasteiger partial charge in [0.2, 0.25) is 0 Å². The molecule has 0 aromatic carbocycles. The zero-order valence-corrected chi connectivity index (χ0v) is 24.0. The first kappa shape index (κ1) is 26.4. The van der Waals surface area contributed by atoms with Crippen molar-refractivity contribution in [2.45, 2.75) is 113 Å². The predicted molar refractivity (Wildman–Crippen MR) is 144 cm³/mol. The third-order valence-corrected chi connectivity index (χ3v) is 13.6. The van der Waals surface area contributed by atoms with Crippen LogP contribution in [0, 0.1) is 56.2 Å². The highest BCUT2D eigenvalue weighted by molar-refractivity contribution is 6.00. The van der Waals surface area contributed by atoms with Crippen molar-refractivity contribution in [3.05, 3.63) is 11.8 Å². The second-order valence-electron chi connectivity index (χ2n) is 15.9. The highest BCUT2D eigenvalue weighted by atomic mass is 16.3. The summed E-state index contributed by atoms with van der Waals surface area (Å²) in [5.74, 6) is 1.67. The number of aliphatic hydroxyl groups excluding tert-OH is 1. The fraction of sp³-hybridized carbons (Fsp3) is 0.875. The Morgan fingerprint density at radius 1 is 0.917 bits per heavy atom. The number of nitrogens with two attached hydrogens (primary N) is 1. The summed E-state index contributed by atoms with van der Waals surface area (Å²) < 4.78 is 0. The minimum atomic E-state index is -0.448. The van der Waals surface area contributed by atoms with Crippen molar-refractivity contribution < 1.29 is 14.7 Å². The minimum Gasteiger partial charge on any atom is -0.404 e. The summed E-state index contributed by atoms with van der Waals surface area (Å²) in [6.07, 6.45) is 11.5. The second kappa shape index (κ2) is 7.93. The molecule has 5 fully saturated rings. The zero-order chi connectivity index (χ0) is 26.5. The van der Waals surface area contributed by atoms with Crippen molar-refractivity contribution in [2.75, 3.05) is 6.61 Å². The van der Waals surface area contributed by atoms with Gasteiger partial charge in [-0.1, -0.05) is 48.5 Å². The summed E-state index contributed by atoms with van der Waals surface area (Å²) in [6, 6.07) is 0. The molecule has 5 saturated carbocycles. The Morgan fingerprint density at radius 3 is 2.22 bits per heavy atom. The number of carbonyl (C=O) groups excluding carboxylic acids is 2. The molecule has 5 aliphatic carbocycles. The summed E-state index contributed by atoms with van der Waals surface area (Å²) in [5, 5.41) is 10.1. The van der Waals surface area contributed by atoms with Gasteiger partial charge in [0.1, 0.15) is 5.78 Å². The Kier molecular flexibility index (Phi) is 5.83. The van der Waals surface area contributed by atoms with Gasteiger partial charge in [0, 0.05) is 36.1 Å². The van der Waals surface area contributed by atoms with Crippen molar-refractivity contribution in [1.82, 2.24) is 0 Å². The first-order chi connectivity index (χ1) is 16.6. The summed E-state index contributed by atoms with van der Waals surface area (Å²) in [7, 11) is 0. The normalized spacial score (nSPS) is 50.6. The van der Waals surface area contributed by atoms with Crippen molar-refractivity contribution in [2.24, 2.45) is 61.9 Å². The van der Waals surface area contributed by atoms with E-state index in [0.717, 1.165) is 50.5 Å². The zero-order valence-electron chi connectivity index (χ0n) is 24.0. The Labute approximate surface area is 219 Å². The lowest BCUT2D eigenvalue weighted by atomic mass is 9.31. The van der Waals surface area contributed by atoms with Crippen molar-refractivity contribution >= 4 is 11.6 Å². The molecule has 0 saturated heterocycles. The molecule has 36 heavy (non-hydrogen) atoms. The van der Waals surface area contributed by atoms with Gasteiger partial charge in [-0.3, -0.25) is 9.59 Å². The molecule has 0 spiro atoms. The lowest BCUT2D eigenvalue weighted by Gasteiger charge is -2.72. The highest BCUT2D eigenvalue weighted by Gasteiger charge is 2.72. The van der Waals surface area contributed by atoms with Gasteiger partial charge < -0.3 is 10.8 Å². The van der Waals surface area contributed by atoms with E-state index in [4.69, 9.17) is 5.73 Å². The summed E-state index contributed by atoms with van der Waals surface area (Å²) in [6.45, 7) is 16.6. The van der Waals surface area contributed by atoms with E-state index in [9.17, 15) is 14.7 Å². The van der Waals surface area contributed by atoms with Gasteiger partial charge in [-0.25, -0.2) is 0 Å². The van der Waals surface area contributed by atoms with Crippen LogP contribution >= 0.6 is 0 Å². The predicted octanol–water partition coefficient (Wildman–Crippen LogP) is 6.45. The fourth-order valence-electron chi connectivity index (χ4n) is 11.5. The molecule has 0 heterocycles. The molecule has 4 unspecified atom stereocenters. The molecule has 0 amide bonds. The topological polar surface area (TPSA) is 80.4 Å². The summed E-state index contributed by atoms with van der Waals surface area (Å²) in [4.78, 5) is 27.8. The quantitative estimate of drug-likeness (QED) is 0.430. The standard InChI is InChI=1S/C32H51NO3/c1-27(2)10-12-32(14-15-34)13-11-31(7)25(21(32)18-27)22(35)16-24-29(5)17-20(19-33)26(36)28(3,4)23(29)8-9-30(24,31)6/h19,21,23-25,34H,8-18,33H2,1-7H3/t21?,23?,24?,25?,29-,30+,31+,32+/m0/s1. The van der Waals surface area contributed by atoms with Gasteiger partial charge in [0.25, 0.3) is 0 Å². The Hall–Kier alpha value is -1.16. The van der Waals surface area contributed by atoms with E-state index in [1.165, 1.54) is 6.42 Å². The molecular formula is C32H51NO3. The largest absolute Gasteiger partial charge is 0.404 e. The smallest absolute Gasteiger partial charge is 0.166 e. The van der Waals surface area contributed by atoms with Crippen LogP contribution in [0.25, 0.3) is 0 Å². The number of Topliss-reactive ketones (excluding diaryl/α,β-unsaturated/α-hetero) is 2. The number of fused-ring (bicyclic) bond motifs is 7. The van der Waals surface area contributed by atoms with E-state index in [1.54, 1.807) is 6.20 Å². The maximum Gasteiger partial charge on any atom is 0.166 e. The van der Waals surface area contributed by atoms with Gasteiger partial charge >= 0.3 is 0 Å². The minimum absolute atomic E-state index is 0.0454. The number of ketones is 2. The van der Waals surface area contributed by atoms with Gasteiger partial charge in [-0.2, -0.15) is 0 Å². The first-order valence-electron chi connectivity index (χ1n) is 14.7. The lowest BCUT2D eigenvalue weighted by molar-refractivity contribution is -0.232. The van der Waals surface area contributed by atoms with Crippen LogP contribution in [0.2, 0.25) is 0 Å². The Balaban J connectivity index is 1.60. The number of hydrogen-bond donors (Lipinski definition) is 2. The third-order valence-electron chi connectivity index (χ3n) is 13.6. The van der Waals surface area contributed by atoms with Gasteiger partial charge in [-0.05, 0) is 103 Å². The second-order valence-corrected chi connectivity index (χ2v) is 15.9. The van der Waals surface area contributed by atoms with E-state index < -0.39 is 5.41 Å². The van der Waals surface area contributed by atoms with Crippen LogP contribution in [0.4, 0.5) is 0 Å². The average Bonchev–Trinajstić information content (AvgIpc) is 2.79. The maximum atomic E-state index is 14.5. The van der Waals surface area contributed by atoms with Crippen LogP contribution in [0.5, 0.6) is 0 Å². The fourth-order valence-corrected chi connectivity index (χ4v) is 11.5. The molecule has 4 heteroatoms. The number of rotatable bonds is 2. The molecule has 202 valence electrons. The van der Waals surface area contributed by atoms with E-state index in [1.807, 2.05) is 0 Å². The maximum absolute atomic E-state index is 14.5. The van der Waals surface area contributed by atoms with Crippen LogP contribution in [0.15, 0.2) is 11.8 Å². The lowest BCUT2D eigenvalue weighted by Crippen LogP contribution is -2.69. The van der Waals surface area contributed by atoms with Crippen LogP contribution in [-0.2, 0) is 9.59 Å². The molecule has 0 aromatic heterocycles. The van der Waals surface area contributed by atoms with Crippen molar-refractivity contribution in [1.29, 1.82) is 0 Å². The molecule has 3 N–H and O–H groups in total.